The molecule has 3 aromatic rings. The van der Waals surface area contributed by atoms with Crippen LogP contribution >= 0.6 is 0 Å². The van der Waals surface area contributed by atoms with Crippen molar-refractivity contribution in [1.82, 2.24) is 20.0 Å². The van der Waals surface area contributed by atoms with Gasteiger partial charge >= 0.3 is 0 Å². The topological polar surface area (TPSA) is 88.1 Å². The van der Waals surface area contributed by atoms with E-state index in [1.807, 2.05) is 55.1 Å². The molecular formula is C30H37N5O4. The summed E-state index contributed by atoms with van der Waals surface area (Å²) in [6, 6.07) is 18.6. The molecule has 9 nitrogen and oxygen atoms in total. The van der Waals surface area contributed by atoms with Crippen molar-refractivity contribution in [3.8, 4) is 22.8 Å². The molecule has 2 heterocycles. The highest BCUT2D eigenvalue weighted by Crippen LogP contribution is 2.23. The minimum atomic E-state index is -0.150. The first-order chi connectivity index (χ1) is 18.9. The van der Waals surface area contributed by atoms with Crippen molar-refractivity contribution in [2.75, 3.05) is 51.8 Å². The van der Waals surface area contributed by atoms with E-state index < -0.39 is 0 Å². The molecule has 39 heavy (non-hydrogen) atoms. The van der Waals surface area contributed by atoms with Crippen LogP contribution in [0.15, 0.2) is 60.7 Å². The second-order valence-corrected chi connectivity index (χ2v) is 9.65. The molecule has 1 fully saturated rings. The van der Waals surface area contributed by atoms with Gasteiger partial charge in [0.1, 0.15) is 18.0 Å². The molecule has 1 aliphatic rings. The van der Waals surface area contributed by atoms with Gasteiger partial charge in [0, 0.05) is 43.3 Å². The Morgan fingerprint density at radius 3 is 2.36 bits per heavy atom. The highest BCUT2D eigenvalue weighted by Gasteiger charge is 2.27. The highest BCUT2D eigenvalue weighted by atomic mass is 16.5. The number of hydrogen-bond acceptors (Lipinski definition) is 7. The first kappa shape index (κ1) is 27.9. The molecular weight excluding hydrogens is 494 g/mol. The fraction of sp³-hybridized carbons (Fsp3) is 0.400. The fourth-order valence-electron chi connectivity index (χ4n) is 4.62. The molecule has 2 amide bonds. The van der Waals surface area contributed by atoms with Gasteiger partial charge in [-0.25, -0.2) is 0 Å². The Kier molecular flexibility index (Phi) is 9.35. The smallest absolute Gasteiger partial charge is 0.254 e. The molecule has 0 spiro atoms. The van der Waals surface area contributed by atoms with E-state index in [-0.39, 0.29) is 24.4 Å². The van der Waals surface area contributed by atoms with Gasteiger partial charge in [0.15, 0.2) is 5.82 Å². The average molecular weight is 532 g/mol. The zero-order chi connectivity index (χ0) is 27.8. The Morgan fingerprint density at radius 2 is 1.69 bits per heavy atom. The summed E-state index contributed by atoms with van der Waals surface area (Å²) >= 11 is 0. The Hall–Kier alpha value is -4.14. The lowest BCUT2D eigenvalue weighted by Gasteiger charge is -2.31. The molecule has 1 aromatic heterocycles. The van der Waals surface area contributed by atoms with Crippen LogP contribution in [0.2, 0.25) is 0 Å². The third-order valence-corrected chi connectivity index (χ3v) is 7.21. The van der Waals surface area contributed by atoms with E-state index in [1.165, 1.54) is 0 Å². The van der Waals surface area contributed by atoms with Gasteiger partial charge in [0.25, 0.3) is 5.91 Å². The van der Waals surface area contributed by atoms with Crippen LogP contribution in [-0.2, 0) is 4.79 Å². The maximum absolute atomic E-state index is 13.4. The van der Waals surface area contributed by atoms with Gasteiger partial charge in [-0.3, -0.25) is 9.59 Å². The molecule has 1 atom stereocenters. The zero-order valence-electron chi connectivity index (χ0n) is 23.2. The second-order valence-electron chi connectivity index (χ2n) is 9.65. The van der Waals surface area contributed by atoms with E-state index in [0.29, 0.717) is 30.9 Å². The molecule has 0 saturated carbocycles. The van der Waals surface area contributed by atoms with Crippen molar-refractivity contribution in [1.29, 1.82) is 0 Å². The number of amides is 2. The second kappa shape index (κ2) is 13.1. The van der Waals surface area contributed by atoms with E-state index in [9.17, 15) is 9.59 Å². The molecule has 0 bridgehead atoms. The summed E-state index contributed by atoms with van der Waals surface area (Å²) in [5, 5.41) is 8.90. The third-order valence-electron chi connectivity index (χ3n) is 7.21. The highest BCUT2D eigenvalue weighted by molar-refractivity contribution is 5.96. The largest absolute Gasteiger partial charge is 0.497 e. The quantitative estimate of drug-likeness (QED) is 0.410. The number of hydrogen-bond donors (Lipinski definition) is 0. The molecule has 9 heteroatoms. The summed E-state index contributed by atoms with van der Waals surface area (Å²) in [4.78, 5) is 32.4. The monoisotopic (exact) mass is 531 g/mol. The first-order valence-corrected chi connectivity index (χ1v) is 13.4. The lowest BCUT2D eigenvalue weighted by Crippen LogP contribution is -2.47. The summed E-state index contributed by atoms with van der Waals surface area (Å²) < 4.78 is 10.5. The Balaban J connectivity index is 1.39. The van der Waals surface area contributed by atoms with Crippen molar-refractivity contribution in [3.63, 3.8) is 0 Å². The normalized spacial score (nSPS) is 14.4. The lowest BCUT2D eigenvalue weighted by molar-refractivity contribution is -0.132. The Morgan fingerprint density at radius 1 is 0.923 bits per heavy atom. The van der Waals surface area contributed by atoms with Crippen LogP contribution in [0, 0.1) is 0 Å². The van der Waals surface area contributed by atoms with Crippen LogP contribution in [0.1, 0.15) is 37.0 Å². The van der Waals surface area contributed by atoms with Gasteiger partial charge in [-0.1, -0.05) is 19.1 Å². The van der Waals surface area contributed by atoms with Gasteiger partial charge in [-0.05, 0) is 68.3 Å². The van der Waals surface area contributed by atoms with Crippen LogP contribution in [0.5, 0.6) is 11.5 Å². The molecule has 1 saturated heterocycles. The van der Waals surface area contributed by atoms with Gasteiger partial charge < -0.3 is 24.2 Å². The molecule has 0 radical (unpaired) electrons. The number of anilines is 1. The van der Waals surface area contributed by atoms with Gasteiger partial charge in [-0.2, -0.15) is 0 Å². The van der Waals surface area contributed by atoms with Crippen molar-refractivity contribution in [2.45, 2.75) is 32.7 Å². The predicted octanol–water partition coefficient (Wildman–Crippen LogP) is 4.14. The van der Waals surface area contributed by atoms with Crippen LogP contribution in [0.4, 0.5) is 5.82 Å². The van der Waals surface area contributed by atoms with Crippen molar-refractivity contribution in [2.24, 2.45) is 0 Å². The maximum Gasteiger partial charge on any atom is 0.254 e. The Bertz CT molecular complexity index is 1250. The van der Waals surface area contributed by atoms with Gasteiger partial charge in [0.05, 0.1) is 19.9 Å². The van der Waals surface area contributed by atoms with E-state index >= 15 is 0 Å². The molecule has 0 aliphatic carbocycles. The molecule has 2 aromatic carbocycles. The minimum absolute atomic E-state index is 0.0431. The SMILES string of the molecule is CC[C@H](C)N(CC(=O)N1CCCN(c2ccc(-c3cccc(OC)c3)nn2)CC1)C(=O)c1ccc(OC)cc1. The van der Waals surface area contributed by atoms with Crippen LogP contribution in [0.3, 0.4) is 0 Å². The molecule has 0 N–H and O–H groups in total. The third kappa shape index (κ3) is 6.85. The number of carbonyl (C=O) groups excluding carboxylic acids is 2. The van der Waals surface area contributed by atoms with E-state index in [0.717, 1.165) is 42.2 Å². The van der Waals surface area contributed by atoms with Crippen LogP contribution in [-0.4, -0.2) is 84.8 Å². The lowest BCUT2D eigenvalue weighted by atomic mass is 10.1. The maximum atomic E-state index is 13.4. The van der Waals surface area contributed by atoms with E-state index in [4.69, 9.17) is 9.47 Å². The Labute approximate surface area is 230 Å². The standard InChI is InChI=1S/C30H37N5O4/c1-5-22(2)35(30(37)23-10-12-25(38-3)13-11-23)21-29(36)34-17-7-16-33(18-19-34)28-15-14-27(31-32-28)24-8-6-9-26(20-24)39-4/h6,8-15,20,22H,5,7,16-19,21H2,1-4H3/t22-/m0/s1. The van der Waals surface area contributed by atoms with Gasteiger partial charge in [-0.15, -0.1) is 10.2 Å². The molecule has 0 unspecified atom stereocenters. The fourth-order valence-corrected chi connectivity index (χ4v) is 4.62. The number of carbonyl (C=O) groups is 2. The summed E-state index contributed by atoms with van der Waals surface area (Å²) in [5.41, 5.74) is 2.26. The number of aromatic nitrogens is 2. The van der Waals surface area contributed by atoms with Crippen molar-refractivity contribution in [3.05, 3.63) is 66.2 Å². The number of ether oxygens (including phenoxy) is 2. The number of methoxy groups -OCH3 is 2. The van der Waals surface area contributed by atoms with Crippen molar-refractivity contribution >= 4 is 17.6 Å². The molecule has 4 rings (SSSR count). The predicted molar refractivity (Wildman–Crippen MR) is 151 cm³/mol. The summed E-state index contributed by atoms with van der Waals surface area (Å²) in [6.07, 6.45) is 1.56. The van der Waals surface area contributed by atoms with Gasteiger partial charge in [0.2, 0.25) is 5.91 Å². The summed E-state index contributed by atoms with van der Waals surface area (Å²) in [7, 11) is 3.23. The van der Waals surface area contributed by atoms with Crippen LogP contribution < -0.4 is 14.4 Å². The summed E-state index contributed by atoms with van der Waals surface area (Å²) in [5.74, 6) is 2.05. The zero-order valence-corrected chi connectivity index (χ0v) is 23.2. The van der Waals surface area contributed by atoms with Crippen LogP contribution in [0.25, 0.3) is 11.3 Å². The van der Waals surface area contributed by atoms with E-state index in [2.05, 4.69) is 15.1 Å². The first-order valence-electron chi connectivity index (χ1n) is 13.4. The van der Waals surface area contributed by atoms with Crippen molar-refractivity contribution < 1.29 is 19.1 Å². The average Bonchev–Trinajstić information content (AvgIpc) is 3.26. The number of rotatable bonds is 9. The molecule has 206 valence electrons. The molecule has 1 aliphatic heterocycles. The number of benzene rings is 2. The van der Waals surface area contributed by atoms with E-state index in [1.54, 1.807) is 43.4 Å². The minimum Gasteiger partial charge on any atom is -0.497 e. The number of nitrogens with zero attached hydrogens (tertiary/aromatic N) is 5. The summed E-state index contributed by atoms with van der Waals surface area (Å²) in [6.45, 7) is 6.67.